The summed E-state index contributed by atoms with van der Waals surface area (Å²) in [5.41, 5.74) is -0.281. The molecule has 1 aromatic carbocycles. The third-order valence-electron chi connectivity index (χ3n) is 5.32. The fourth-order valence-corrected chi connectivity index (χ4v) is 4.00. The summed E-state index contributed by atoms with van der Waals surface area (Å²) >= 11 is 0. The number of carbonyl (C=O) groups is 1. The Morgan fingerprint density at radius 2 is 1.96 bits per heavy atom. The van der Waals surface area contributed by atoms with E-state index >= 15 is 0 Å². The van der Waals surface area contributed by atoms with E-state index in [9.17, 15) is 15.0 Å². The van der Waals surface area contributed by atoms with Crippen LogP contribution in [0.15, 0.2) is 30.3 Å². The molecule has 1 fully saturated rings. The Morgan fingerprint density at radius 1 is 1.29 bits per heavy atom. The minimum atomic E-state index is -1.34. The predicted octanol–water partition coefficient (Wildman–Crippen LogP) is 2.53. The van der Waals surface area contributed by atoms with Gasteiger partial charge in [-0.05, 0) is 42.6 Å². The van der Waals surface area contributed by atoms with Crippen molar-refractivity contribution >= 4 is 5.91 Å². The number of hydrogen-bond acceptors (Lipinski definition) is 3. The normalized spacial score (nSPS) is 28.6. The molecular formula is C20H31NO3. The van der Waals surface area contributed by atoms with Gasteiger partial charge in [-0.15, -0.1) is 0 Å². The molecule has 1 aromatic rings. The first-order valence-corrected chi connectivity index (χ1v) is 9.05. The quantitative estimate of drug-likeness (QED) is 0.749. The van der Waals surface area contributed by atoms with Crippen molar-refractivity contribution in [3.63, 3.8) is 0 Å². The van der Waals surface area contributed by atoms with Crippen molar-refractivity contribution in [2.45, 2.75) is 58.1 Å². The molecule has 4 heteroatoms. The van der Waals surface area contributed by atoms with Gasteiger partial charge in [-0.2, -0.15) is 0 Å². The average Bonchev–Trinajstić information content (AvgIpc) is 2.54. The van der Waals surface area contributed by atoms with Crippen LogP contribution in [-0.4, -0.2) is 34.4 Å². The van der Waals surface area contributed by atoms with Gasteiger partial charge in [0.1, 0.15) is 5.60 Å². The van der Waals surface area contributed by atoms with E-state index in [0.717, 1.165) is 18.4 Å². The zero-order valence-corrected chi connectivity index (χ0v) is 15.0. The Balaban J connectivity index is 2.09. The Bertz CT molecular complexity index is 531. The standard InChI is InChI=1S/C20H31NO3/c1-14(2)18-10-9-15(3)12-20(18,24)19(23)21-17(13-22)11-16-7-5-4-6-8-16/h4-8,14-15,17-18,22,24H,9-13H2,1-3H3,(H,21,23)/t15?,17-,18?,20?/m0/s1. The van der Waals surface area contributed by atoms with Gasteiger partial charge in [-0.3, -0.25) is 4.79 Å². The molecule has 1 aliphatic carbocycles. The monoisotopic (exact) mass is 333 g/mol. The van der Waals surface area contributed by atoms with Gasteiger partial charge in [-0.25, -0.2) is 0 Å². The fourth-order valence-electron chi connectivity index (χ4n) is 4.00. The Hall–Kier alpha value is -1.39. The van der Waals surface area contributed by atoms with Crippen molar-refractivity contribution in [1.82, 2.24) is 5.32 Å². The lowest BCUT2D eigenvalue weighted by Crippen LogP contribution is -2.58. The van der Waals surface area contributed by atoms with Gasteiger partial charge in [0, 0.05) is 0 Å². The van der Waals surface area contributed by atoms with E-state index in [2.05, 4.69) is 26.1 Å². The van der Waals surface area contributed by atoms with E-state index in [1.807, 2.05) is 30.3 Å². The SMILES string of the molecule is CC1CCC(C(C)C)C(O)(C(=O)N[C@H](CO)Cc2ccccc2)C1. The van der Waals surface area contributed by atoms with Crippen LogP contribution in [0.2, 0.25) is 0 Å². The molecule has 1 amide bonds. The third-order valence-corrected chi connectivity index (χ3v) is 5.32. The highest BCUT2D eigenvalue weighted by molar-refractivity contribution is 5.85. The summed E-state index contributed by atoms with van der Waals surface area (Å²) in [5.74, 6) is 0.208. The van der Waals surface area contributed by atoms with Crippen molar-refractivity contribution < 1.29 is 15.0 Å². The van der Waals surface area contributed by atoms with E-state index in [4.69, 9.17) is 0 Å². The molecule has 2 rings (SSSR count). The Kier molecular flexibility index (Phi) is 6.41. The van der Waals surface area contributed by atoms with Crippen molar-refractivity contribution in [1.29, 1.82) is 0 Å². The molecule has 0 bridgehead atoms. The molecule has 0 spiro atoms. The first-order chi connectivity index (χ1) is 11.4. The molecule has 0 aromatic heterocycles. The lowest BCUT2D eigenvalue weighted by molar-refractivity contribution is -0.156. The highest BCUT2D eigenvalue weighted by Gasteiger charge is 2.48. The molecule has 1 saturated carbocycles. The van der Waals surface area contributed by atoms with Crippen LogP contribution < -0.4 is 5.32 Å². The highest BCUT2D eigenvalue weighted by Crippen LogP contribution is 2.41. The van der Waals surface area contributed by atoms with Crippen molar-refractivity contribution in [2.75, 3.05) is 6.61 Å². The molecule has 0 heterocycles. The van der Waals surface area contributed by atoms with Crippen LogP contribution >= 0.6 is 0 Å². The van der Waals surface area contributed by atoms with E-state index < -0.39 is 5.60 Å². The first-order valence-electron chi connectivity index (χ1n) is 9.05. The number of aliphatic hydroxyl groups is 2. The molecule has 3 unspecified atom stereocenters. The summed E-state index contributed by atoms with van der Waals surface area (Å²) in [6.07, 6.45) is 2.96. The lowest BCUT2D eigenvalue weighted by atomic mass is 9.66. The van der Waals surface area contributed by atoms with Gasteiger partial charge in [0.15, 0.2) is 0 Å². The first kappa shape index (κ1) is 18.9. The zero-order chi connectivity index (χ0) is 17.7. The number of rotatable bonds is 6. The summed E-state index contributed by atoms with van der Waals surface area (Å²) in [7, 11) is 0. The van der Waals surface area contributed by atoms with Crippen LogP contribution in [0.25, 0.3) is 0 Å². The van der Waals surface area contributed by atoms with Gasteiger partial charge >= 0.3 is 0 Å². The summed E-state index contributed by atoms with van der Waals surface area (Å²) in [5, 5.41) is 23.7. The van der Waals surface area contributed by atoms with Gasteiger partial charge in [0.05, 0.1) is 12.6 Å². The van der Waals surface area contributed by atoms with Gasteiger partial charge < -0.3 is 15.5 Å². The van der Waals surface area contributed by atoms with Gasteiger partial charge in [0.25, 0.3) is 5.91 Å². The number of carbonyl (C=O) groups excluding carboxylic acids is 1. The number of hydrogen-bond donors (Lipinski definition) is 3. The number of aliphatic hydroxyl groups excluding tert-OH is 1. The molecule has 3 N–H and O–H groups in total. The molecule has 0 saturated heterocycles. The maximum absolute atomic E-state index is 12.9. The highest BCUT2D eigenvalue weighted by atomic mass is 16.3. The summed E-state index contributed by atoms with van der Waals surface area (Å²) < 4.78 is 0. The molecular weight excluding hydrogens is 302 g/mol. The topological polar surface area (TPSA) is 69.6 Å². The van der Waals surface area contributed by atoms with Gasteiger partial charge in [-0.1, -0.05) is 57.5 Å². The second kappa shape index (κ2) is 8.13. The number of nitrogens with one attached hydrogen (secondary N) is 1. The maximum atomic E-state index is 12.9. The molecule has 0 radical (unpaired) electrons. The summed E-state index contributed by atoms with van der Waals surface area (Å²) in [6.45, 7) is 6.07. The Labute approximate surface area is 145 Å². The van der Waals surface area contributed by atoms with E-state index in [-0.39, 0.29) is 30.4 Å². The van der Waals surface area contributed by atoms with E-state index in [0.29, 0.717) is 18.8 Å². The lowest BCUT2D eigenvalue weighted by Gasteiger charge is -2.43. The third kappa shape index (κ3) is 4.37. The van der Waals surface area contributed by atoms with Gasteiger partial charge in [0.2, 0.25) is 0 Å². The number of amides is 1. The van der Waals surface area contributed by atoms with Crippen molar-refractivity contribution in [2.24, 2.45) is 17.8 Å². The summed E-state index contributed by atoms with van der Waals surface area (Å²) in [6, 6.07) is 9.39. The second-order valence-electron chi connectivity index (χ2n) is 7.70. The minimum Gasteiger partial charge on any atom is -0.394 e. The zero-order valence-electron chi connectivity index (χ0n) is 15.0. The Morgan fingerprint density at radius 3 is 2.54 bits per heavy atom. The predicted molar refractivity (Wildman–Crippen MR) is 95.5 cm³/mol. The number of benzene rings is 1. The fraction of sp³-hybridized carbons (Fsp3) is 0.650. The largest absolute Gasteiger partial charge is 0.394 e. The van der Waals surface area contributed by atoms with Crippen LogP contribution in [0.5, 0.6) is 0 Å². The molecule has 0 aliphatic heterocycles. The molecule has 4 nitrogen and oxygen atoms in total. The van der Waals surface area contributed by atoms with Crippen molar-refractivity contribution in [3.8, 4) is 0 Å². The van der Waals surface area contributed by atoms with Crippen LogP contribution in [0.3, 0.4) is 0 Å². The average molecular weight is 333 g/mol. The smallest absolute Gasteiger partial charge is 0.252 e. The van der Waals surface area contributed by atoms with E-state index in [1.165, 1.54) is 0 Å². The molecule has 1 aliphatic rings. The minimum absolute atomic E-state index is 0.0373. The van der Waals surface area contributed by atoms with Crippen LogP contribution in [0.4, 0.5) is 0 Å². The van der Waals surface area contributed by atoms with Crippen LogP contribution in [-0.2, 0) is 11.2 Å². The van der Waals surface area contributed by atoms with Crippen LogP contribution in [0.1, 0.15) is 45.6 Å². The molecule has 4 atom stereocenters. The van der Waals surface area contributed by atoms with Crippen molar-refractivity contribution in [3.05, 3.63) is 35.9 Å². The summed E-state index contributed by atoms with van der Waals surface area (Å²) in [4.78, 5) is 12.9. The van der Waals surface area contributed by atoms with Crippen LogP contribution in [0, 0.1) is 17.8 Å². The second-order valence-corrected chi connectivity index (χ2v) is 7.70. The van der Waals surface area contributed by atoms with E-state index in [1.54, 1.807) is 0 Å². The molecule has 134 valence electrons. The maximum Gasteiger partial charge on any atom is 0.252 e. The molecule has 24 heavy (non-hydrogen) atoms.